The summed E-state index contributed by atoms with van der Waals surface area (Å²) in [4.78, 5) is 13.7. The van der Waals surface area contributed by atoms with Crippen LogP contribution in [0.2, 0.25) is 0 Å². The molecule has 2 aromatic carbocycles. The van der Waals surface area contributed by atoms with Gasteiger partial charge in [0, 0.05) is 34.9 Å². The van der Waals surface area contributed by atoms with Crippen LogP contribution in [0.1, 0.15) is 37.7 Å². The van der Waals surface area contributed by atoms with E-state index in [9.17, 15) is 0 Å². The van der Waals surface area contributed by atoms with Crippen molar-refractivity contribution in [3.63, 3.8) is 0 Å². The number of ether oxygens (including phenoxy) is 1. The van der Waals surface area contributed by atoms with Gasteiger partial charge in [-0.25, -0.2) is 15.0 Å². The Hall–Kier alpha value is -3.67. The fourth-order valence-electron chi connectivity index (χ4n) is 4.37. The standard InChI is InChI=1S/C26H27N5O/c1-17-12-13-19-20(9-5-11-22(19)27)24(17)32-25-21(10-6-15-28-25)23-14-16-29-26(31-23)30-18-7-3-2-4-8-18/h5-6,9-16,18H,2-4,7-8,27H2,1H3,(H,29,30,31). The van der Waals surface area contributed by atoms with E-state index in [-0.39, 0.29) is 0 Å². The second-order valence-electron chi connectivity index (χ2n) is 8.36. The zero-order chi connectivity index (χ0) is 21.9. The highest BCUT2D eigenvalue weighted by atomic mass is 16.5. The Balaban J connectivity index is 1.50. The van der Waals surface area contributed by atoms with Gasteiger partial charge in [-0.2, -0.15) is 0 Å². The van der Waals surface area contributed by atoms with Gasteiger partial charge in [-0.15, -0.1) is 0 Å². The van der Waals surface area contributed by atoms with Crippen LogP contribution >= 0.6 is 0 Å². The number of nitrogen functional groups attached to an aromatic ring is 1. The molecule has 0 amide bonds. The molecule has 1 saturated carbocycles. The van der Waals surface area contributed by atoms with Gasteiger partial charge >= 0.3 is 0 Å². The number of aryl methyl sites for hydroxylation is 1. The van der Waals surface area contributed by atoms with Crippen LogP contribution in [-0.4, -0.2) is 21.0 Å². The van der Waals surface area contributed by atoms with Gasteiger partial charge in [0.15, 0.2) is 0 Å². The van der Waals surface area contributed by atoms with Gasteiger partial charge in [0.25, 0.3) is 0 Å². The van der Waals surface area contributed by atoms with Crippen molar-refractivity contribution in [2.75, 3.05) is 11.1 Å². The highest BCUT2D eigenvalue weighted by Gasteiger charge is 2.17. The van der Waals surface area contributed by atoms with E-state index < -0.39 is 0 Å². The van der Waals surface area contributed by atoms with E-state index in [1.54, 1.807) is 12.4 Å². The van der Waals surface area contributed by atoms with Crippen LogP contribution in [0, 0.1) is 6.92 Å². The molecule has 32 heavy (non-hydrogen) atoms. The van der Waals surface area contributed by atoms with Crippen molar-refractivity contribution in [2.24, 2.45) is 0 Å². The second-order valence-corrected chi connectivity index (χ2v) is 8.36. The van der Waals surface area contributed by atoms with Crippen LogP contribution < -0.4 is 15.8 Å². The summed E-state index contributed by atoms with van der Waals surface area (Å²) in [5.74, 6) is 1.91. The van der Waals surface area contributed by atoms with Crippen molar-refractivity contribution < 1.29 is 4.74 Å². The van der Waals surface area contributed by atoms with Crippen molar-refractivity contribution in [2.45, 2.75) is 45.1 Å². The van der Waals surface area contributed by atoms with Gasteiger partial charge in [-0.1, -0.05) is 43.5 Å². The van der Waals surface area contributed by atoms with Crippen molar-refractivity contribution >= 4 is 22.4 Å². The number of hydrogen-bond acceptors (Lipinski definition) is 6. The number of fused-ring (bicyclic) bond motifs is 1. The van der Waals surface area contributed by atoms with Crippen molar-refractivity contribution in [1.29, 1.82) is 0 Å². The van der Waals surface area contributed by atoms with E-state index in [0.29, 0.717) is 17.9 Å². The van der Waals surface area contributed by atoms with Crippen LogP contribution in [0.3, 0.4) is 0 Å². The largest absolute Gasteiger partial charge is 0.437 e. The average Bonchev–Trinajstić information content (AvgIpc) is 2.82. The van der Waals surface area contributed by atoms with E-state index in [4.69, 9.17) is 15.5 Å². The second kappa shape index (κ2) is 8.83. The molecule has 2 aromatic heterocycles. The predicted octanol–water partition coefficient (Wildman–Crippen LogP) is 6.12. The first-order valence-electron chi connectivity index (χ1n) is 11.2. The first kappa shape index (κ1) is 20.2. The number of hydrogen-bond donors (Lipinski definition) is 2. The zero-order valence-electron chi connectivity index (χ0n) is 18.2. The van der Waals surface area contributed by atoms with Crippen molar-refractivity contribution in [3.05, 3.63) is 66.5 Å². The number of nitrogens with zero attached hydrogens (tertiary/aromatic N) is 3. The molecule has 1 fully saturated rings. The number of aromatic nitrogens is 3. The summed E-state index contributed by atoms with van der Waals surface area (Å²) in [5.41, 5.74) is 9.53. The van der Waals surface area contributed by atoms with E-state index in [1.807, 2.05) is 55.5 Å². The minimum atomic E-state index is 0.437. The van der Waals surface area contributed by atoms with E-state index in [0.717, 1.165) is 39.0 Å². The molecule has 0 unspecified atom stereocenters. The Kier molecular flexibility index (Phi) is 5.58. The van der Waals surface area contributed by atoms with Gasteiger partial charge in [0.2, 0.25) is 11.8 Å². The average molecular weight is 426 g/mol. The SMILES string of the molecule is Cc1ccc2c(N)cccc2c1Oc1ncccc1-c1ccnc(NC2CCCCC2)n1. The Morgan fingerprint density at radius 3 is 2.66 bits per heavy atom. The molecule has 3 N–H and O–H groups in total. The molecule has 0 atom stereocenters. The molecule has 1 aliphatic carbocycles. The molecule has 162 valence electrons. The molecule has 6 nitrogen and oxygen atoms in total. The highest BCUT2D eigenvalue weighted by molar-refractivity contribution is 5.97. The molecular weight excluding hydrogens is 398 g/mol. The third-order valence-electron chi connectivity index (χ3n) is 6.08. The van der Waals surface area contributed by atoms with Gasteiger partial charge in [0.05, 0.1) is 11.3 Å². The molecule has 5 rings (SSSR count). The number of benzene rings is 2. The van der Waals surface area contributed by atoms with Gasteiger partial charge in [-0.3, -0.25) is 0 Å². The molecular formula is C26H27N5O. The number of anilines is 2. The molecule has 6 heteroatoms. The highest BCUT2D eigenvalue weighted by Crippen LogP contribution is 2.38. The molecule has 1 aliphatic rings. The lowest BCUT2D eigenvalue weighted by molar-refractivity contribution is 0.460. The normalized spacial score (nSPS) is 14.4. The van der Waals surface area contributed by atoms with Crippen LogP contribution in [0.15, 0.2) is 60.9 Å². The fourth-order valence-corrected chi connectivity index (χ4v) is 4.37. The lowest BCUT2D eigenvalue weighted by atomic mass is 9.96. The maximum absolute atomic E-state index is 6.41. The monoisotopic (exact) mass is 425 g/mol. The third kappa shape index (κ3) is 4.08. The molecule has 4 aromatic rings. The molecule has 0 spiro atoms. The predicted molar refractivity (Wildman–Crippen MR) is 129 cm³/mol. The summed E-state index contributed by atoms with van der Waals surface area (Å²) >= 11 is 0. The lowest BCUT2D eigenvalue weighted by Gasteiger charge is -2.22. The number of nitrogens with two attached hydrogens (primary N) is 1. The minimum absolute atomic E-state index is 0.437. The Morgan fingerprint density at radius 2 is 1.78 bits per heavy atom. The Morgan fingerprint density at radius 1 is 0.906 bits per heavy atom. The maximum atomic E-state index is 6.41. The maximum Gasteiger partial charge on any atom is 0.228 e. The summed E-state index contributed by atoms with van der Waals surface area (Å²) in [6.07, 6.45) is 9.68. The fraction of sp³-hybridized carbons (Fsp3) is 0.269. The van der Waals surface area contributed by atoms with Crippen molar-refractivity contribution in [1.82, 2.24) is 15.0 Å². The van der Waals surface area contributed by atoms with Gasteiger partial charge in [0.1, 0.15) is 5.75 Å². The third-order valence-corrected chi connectivity index (χ3v) is 6.08. The lowest BCUT2D eigenvalue weighted by Crippen LogP contribution is -2.23. The summed E-state index contributed by atoms with van der Waals surface area (Å²) in [6, 6.07) is 16.1. The number of nitrogens with one attached hydrogen (secondary N) is 1. The topological polar surface area (TPSA) is 86.0 Å². The molecule has 2 heterocycles. The molecule has 0 aliphatic heterocycles. The summed E-state index contributed by atoms with van der Waals surface area (Å²) < 4.78 is 6.41. The van der Waals surface area contributed by atoms with Crippen LogP contribution in [0.4, 0.5) is 11.6 Å². The first-order chi connectivity index (χ1) is 15.7. The molecule has 0 radical (unpaired) electrons. The Labute approximate surface area is 187 Å². The van der Waals surface area contributed by atoms with Crippen LogP contribution in [-0.2, 0) is 0 Å². The number of rotatable bonds is 5. The Bertz CT molecular complexity index is 1250. The van der Waals surface area contributed by atoms with Crippen LogP contribution in [0.25, 0.3) is 22.0 Å². The van der Waals surface area contributed by atoms with E-state index in [1.165, 1.54) is 32.1 Å². The smallest absolute Gasteiger partial charge is 0.228 e. The van der Waals surface area contributed by atoms with E-state index in [2.05, 4.69) is 15.3 Å². The van der Waals surface area contributed by atoms with E-state index >= 15 is 0 Å². The number of pyridine rings is 1. The minimum Gasteiger partial charge on any atom is -0.437 e. The molecule has 0 saturated heterocycles. The molecule has 0 bridgehead atoms. The van der Waals surface area contributed by atoms with Crippen molar-refractivity contribution in [3.8, 4) is 22.9 Å². The quantitative estimate of drug-likeness (QED) is 0.375. The van der Waals surface area contributed by atoms with Gasteiger partial charge < -0.3 is 15.8 Å². The summed E-state index contributed by atoms with van der Waals surface area (Å²) in [7, 11) is 0. The zero-order valence-corrected chi connectivity index (χ0v) is 18.2. The van der Waals surface area contributed by atoms with Crippen LogP contribution in [0.5, 0.6) is 11.6 Å². The van der Waals surface area contributed by atoms with Gasteiger partial charge in [-0.05, 0) is 49.6 Å². The first-order valence-corrected chi connectivity index (χ1v) is 11.2. The summed E-state index contributed by atoms with van der Waals surface area (Å²) in [5, 5.41) is 5.43. The summed E-state index contributed by atoms with van der Waals surface area (Å²) in [6.45, 7) is 2.03.